The Morgan fingerprint density at radius 3 is 2.71 bits per heavy atom. The van der Waals surface area contributed by atoms with Crippen molar-refractivity contribution in [2.75, 3.05) is 7.11 Å². The first kappa shape index (κ1) is 15.4. The second kappa shape index (κ2) is 6.63. The zero-order chi connectivity index (χ0) is 15.4. The lowest BCUT2D eigenvalue weighted by atomic mass is 10.1. The van der Waals surface area contributed by atoms with Gasteiger partial charge in [-0.25, -0.2) is 4.79 Å². The highest BCUT2D eigenvalue weighted by atomic mass is 79.9. The number of carboxylic acid groups (broad SMARTS) is 1. The minimum absolute atomic E-state index is 0.161. The summed E-state index contributed by atoms with van der Waals surface area (Å²) >= 11 is 3.45. The summed E-state index contributed by atoms with van der Waals surface area (Å²) in [6, 6.07) is 10.6. The molecule has 2 aromatic carbocycles. The van der Waals surface area contributed by atoms with Gasteiger partial charge >= 0.3 is 5.97 Å². The molecule has 0 spiro atoms. The third-order valence-electron chi connectivity index (χ3n) is 3.07. The number of aromatic carboxylic acids is 1. The molecule has 1 N–H and O–H groups in total. The number of aryl methyl sites for hydroxylation is 1. The standard InChI is InChI=1S/C16H15BrO4/c1-10-4-3-5-13(16(18)19)15(10)21-9-11-8-12(20-2)6-7-14(11)17/h3-8H,9H2,1-2H3,(H,18,19). The average Bonchev–Trinajstić information content (AvgIpc) is 2.47. The molecule has 0 unspecified atom stereocenters. The fourth-order valence-electron chi connectivity index (χ4n) is 1.95. The number of ether oxygens (including phenoxy) is 2. The molecular formula is C16H15BrO4. The number of hydrogen-bond acceptors (Lipinski definition) is 3. The van der Waals surface area contributed by atoms with E-state index < -0.39 is 5.97 Å². The molecule has 0 bridgehead atoms. The molecule has 0 saturated heterocycles. The Morgan fingerprint density at radius 2 is 2.05 bits per heavy atom. The number of methoxy groups -OCH3 is 1. The lowest BCUT2D eigenvalue weighted by molar-refractivity contribution is 0.0691. The summed E-state index contributed by atoms with van der Waals surface area (Å²) in [6.07, 6.45) is 0. The van der Waals surface area contributed by atoms with Crippen molar-refractivity contribution in [2.24, 2.45) is 0 Å². The molecular weight excluding hydrogens is 336 g/mol. The Hall–Kier alpha value is -2.01. The summed E-state index contributed by atoms with van der Waals surface area (Å²) in [4.78, 5) is 11.2. The van der Waals surface area contributed by atoms with Crippen LogP contribution in [0.3, 0.4) is 0 Å². The van der Waals surface area contributed by atoms with E-state index in [1.54, 1.807) is 13.2 Å². The predicted molar refractivity (Wildman–Crippen MR) is 83.2 cm³/mol. The van der Waals surface area contributed by atoms with Crippen molar-refractivity contribution in [3.05, 3.63) is 57.6 Å². The van der Waals surface area contributed by atoms with Gasteiger partial charge in [-0.2, -0.15) is 0 Å². The van der Waals surface area contributed by atoms with Crippen molar-refractivity contribution < 1.29 is 19.4 Å². The molecule has 2 rings (SSSR count). The van der Waals surface area contributed by atoms with E-state index in [9.17, 15) is 9.90 Å². The van der Waals surface area contributed by atoms with Crippen LogP contribution in [0.4, 0.5) is 0 Å². The number of halogens is 1. The maximum absolute atomic E-state index is 11.2. The Balaban J connectivity index is 2.26. The Kier molecular flexibility index (Phi) is 4.85. The molecule has 0 aromatic heterocycles. The Labute approximate surface area is 131 Å². The molecule has 21 heavy (non-hydrogen) atoms. The number of para-hydroxylation sites is 1. The summed E-state index contributed by atoms with van der Waals surface area (Å²) in [5.41, 5.74) is 1.83. The number of benzene rings is 2. The van der Waals surface area contributed by atoms with Crippen LogP contribution in [0.2, 0.25) is 0 Å². The molecule has 4 nitrogen and oxygen atoms in total. The molecule has 0 fully saturated rings. The molecule has 0 heterocycles. The summed E-state index contributed by atoms with van der Waals surface area (Å²) in [5.74, 6) is 0.109. The van der Waals surface area contributed by atoms with Gasteiger partial charge in [-0.05, 0) is 36.8 Å². The van der Waals surface area contributed by atoms with Crippen LogP contribution in [-0.4, -0.2) is 18.2 Å². The van der Waals surface area contributed by atoms with Crippen molar-refractivity contribution in [3.63, 3.8) is 0 Å². The molecule has 0 aliphatic heterocycles. The van der Waals surface area contributed by atoms with Crippen LogP contribution in [0, 0.1) is 6.92 Å². The van der Waals surface area contributed by atoms with Crippen molar-refractivity contribution in [1.29, 1.82) is 0 Å². The number of rotatable bonds is 5. The molecule has 0 saturated carbocycles. The van der Waals surface area contributed by atoms with E-state index >= 15 is 0 Å². The molecule has 0 aliphatic rings. The van der Waals surface area contributed by atoms with E-state index in [0.29, 0.717) is 5.75 Å². The predicted octanol–water partition coefficient (Wildman–Crippen LogP) is 4.04. The Bertz CT molecular complexity index is 667. The third-order valence-corrected chi connectivity index (χ3v) is 3.84. The zero-order valence-electron chi connectivity index (χ0n) is 11.7. The molecule has 5 heteroatoms. The maximum Gasteiger partial charge on any atom is 0.339 e. The van der Waals surface area contributed by atoms with Gasteiger partial charge in [0.2, 0.25) is 0 Å². The third kappa shape index (κ3) is 3.55. The van der Waals surface area contributed by atoms with Gasteiger partial charge in [0.25, 0.3) is 0 Å². The largest absolute Gasteiger partial charge is 0.497 e. The second-order valence-corrected chi connectivity index (χ2v) is 5.36. The highest BCUT2D eigenvalue weighted by Gasteiger charge is 2.14. The van der Waals surface area contributed by atoms with E-state index in [4.69, 9.17) is 9.47 Å². The van der Waals surface area contributed by atoms with Crippen LogP contribution in [0.25, 0.3) is 0 Å². The smallest absolute Gasteiger partial charge is 0.339 e. The van der Waals surface area contributed by atoms with Crippen LogP contribution >= 0.6 is 15.9 Å². The summed E-state index contributed by atoms with van der Waals surface area (Å²) in [6.45, 7) is 2.07. The van der Waals surface area contributed by atoms with E-state index in [0.717, 1.165) is 21.3 Å². The fourth-order valence-corrected chi connectivity index (χ4v) is 2.31. The second-order valence-electron chi connectivity index (χ2n) is 4.50. The number of hydrogen-bond donors (Lipinski definition) is 1. The first-order valence-electron chi connectivity index (χ1n) is 6.31. The molecule has 0 atom stereocenters. The lowest BCUT2D eigenvalue weighted by Gasteiger charge is -2.13. The molecule has 0 radical (unpaired) electrons. The monoisotopic (exact) mass is 350 g/mol. The van der Waals surface area contributed by atoms with E-state index in [-0.39, 0.29) is 12.2 Å². The van der Waals surface area contributed by atoms with E-state index in [2.05, 4.69) is 15.9 Å². The molecule has 110 valence electrons. The van der Waals surface area contributed by atoms with Gasteiger partial charge in [0.15, 0.2) is 0 Å². The molecule has 2 aromatic rings. The van der Waals surface area contributed by atoms with Gasteiger partial charge in [0, 0.05) is 10.0 Å². The highest BCUT2D eigenvalue weighted by molar-refractivity contribution is 9.10. The topological polar surface area (TPSA) is 55.8 Å². The summed E-state index contributed by atoms with van der Waals surface area (Å²) in [5, 5.41) is 9.21. The van der Waals surface area contributed by atoms with Crippen molar-refractivity contribution in [2.45, 2.75) is 13.5 Å². The fraction of sp³-hybridized carbons (Fsp3) is 0.188. The van der Waals surface area contributed by atoms with Crippen LogP contribution < -0.4 is 9.47 Å². The lowest BCUT2D eigenvalue weighted by Crippen LogP contribution is -2.05. The first-order valence-corrected chi connectivity index (χ1v) is 7.10. The van der Waals surface area contributed by atoms with Crippen LogP contribution in [-0.2, 0) is 6.61 Å². The zero-order valence-corrected chi connectivity index (χ0v) is 13.3. The van der Waals surface area contributed by atoms with Crippen molar-refractivity contribution in [3.8, 4) is 11.5 Å². The highest BCUT2D eigenvalue weighted by Crippen LogP contribution is 2.27. The average molecular weight is 351 g/mol. The van der Waals surface area contributed by atoms with Gasteiger partial charge in [-0.15, -0.1) is 0 Å². The van der Waals surface area contributed by atoms with Crippen LogP contribution in [0.15, 0.2) is 40.9 Å². The SMILES string of the molecule is COc1ccc(Br)c(COc2c(C)cccc2C(=O)O)c1. The van der Waals surface area contributed by atoms with Gasteiger partial charge in [-0.1, -0.05) is 28.1 Å². The normalized spacial score (nSPS) is 10.2. The number of carbonyl (C=O) groups is 1. The van der Waals surface area contributed by atoms with Gasteiger partial charge < -0.3 is 14.6 Å². The van der Waals surface area contributed by atoms with Crippen LogP contribution in [0.5, 0.6) is 11.5 Å². The molecule has 0 amide bonds. The maximum atomic E-state index is 11.2. The van der Waals surface area contributed by atoms with Crippen LogP contribution in [0.1, 0.15) is 21.5 Å². The first-order chi connectivity index (χ1) is 10.0. The van der Waals surface area contributed by atoms with E-state index in [1.807, 2.05) is 31.2 Å². The quantitative estimate of drug-likeness (QED) is 0.883. The van der Waals surface area contributed by atoms with Gasteiger partial charge in [0.05, 0.1) is 7.11 Å². The van der Waals surface area contributed by atoms with Gasteiger partial charge in [0.1, 0.15) is 23.7 Å². The Morgan fingerprint density at radius 1 is 1.29 bits per heavy atom. The minimum Gasteiger partial charge on any atom is -0.497 e. The van der Waals surface area contributed by atoms with Gasteiger partial charge in [-0.3, -0.25) is 0 Å². The van der Waals surface area contributed by atoms with Crippen molar-refractivity contribution >= 4 is 21.9 Å². The summed E-state index contributed by atoms with van der Waals surface area (Å²) < 4.78 is 11.8. The van der Waals surface area contributed by atoms with Crippen molar-refractivity contribution in [1.82, 2.24) is 0 Å². The molecule has 0 aliphatic carbocycles. The number of carboxylic acids is 1. The minimum atomic E-state index is -1.00. The summed E-state index contributed by atoms with van der Waals surface area (Å²) in [7, 11) is 1.59. The van der Waals surface area contributed by atoms with E-state index in [1.165, 1.54) is 6.07 Å².